The second-order valence-electron chi connectivity index (χ2n) is 4.98. The van der Waals surface area contributed by atoms with Crippen molar-refractivity contribution in [1.82, 2.24) is 0 Å². The van der Waals surface area contributed by atoms with Gasteiger partial charge >= 0.3 is 30.1 Å². The van der Waals surface area contributed by atoms with E-state index in [1.165, 1.54) is 0 Å². The molecule has 0 aliphatic rings. The molecule has 1 rings (SSSR count). The molecule has 0 heterocycles. The highest BCUT2D eigenvalue weighted by Crippen LogP contribution is 2.54. The SMILES string of the molecule is Bc1cc(C(F)(C(F)(F)F)C(F)(F)F)cc(C(F)(F)C(F)(F)F)c1N. The Hall–Kier alpha value is -1.76. The van der Waals surface area contributed by atoms with E-state index in [9.17, 15) is 52.7 Å². The van der Waals surface area contributed by atoms with Gasteiger partial charge in [-0.05, 0) is 6.07 Å². The first kappa shape index (κ1) is 21.3. The lowest BCUT2D eigenvalue weighted by atomic mass is 9.82. The van der Waals surface area contributed by atoms with Crippen LogP contribution in [0.1, 0.15) is 11.1 Å². The van der Waals surface area contributed by atoms with Crippen LogP contribution in [-0.2, 0) is 11.6 Å². The third-order valence-electron chi connectivity index (χ3n) is 3.26. The zero-order valence-corrected chi connectivity index (χ0v) is 11.8. The molecule has 0 aromatic heterocycles. The standard InChI is InChI=1S/C11H6BF12N/c12-5-2-3(7(13,9(16,17)18)10(19,20)21)1-4(6(5)25)8(14,15)11(22,23)24/h1-2H,12,25H2. The van der Waals surface area contributed by atoms with Crippen molar-refractivity contribution >= 4 is 19.0 Å². The van der Waals surface area contributed by atoms with Crippen LogP contribution in [0.4, 0.5) is 58.4 Å². The van der Waals surface area contributed by atoms with Gasteiger partial charge in [0.25, 0.3) is 0 Å². The molecule has 0 amide bonds. The summed E-state index contributed by atoms with van der Waals surface area (Å²) in [6.45, 7) is 0. The monoisotopic (exact) mass is 391 g/mol. The molecule has 1 aromatic rings. The van der Waals surface area contributed by atoms with E-state index in [-0.39, 0.29) is 6.07 Å². The summed E-state index contributed by atoms with van der Waals surface area (Å²) in [6, 6.07) is -1.07. The van der Waals surface area contributed by atoms with Crippen molar-refractivity contribution in [3.63, 3.8) is 0 Å². The number of benzene rings is 1. The molecule has 0 unspecified atom stereocenters. The Bertz CT molecular complexity index is 643. The van der Waals surface area contributed by atoms with Crippen LogP contribution in [-0.4, -0.2) is 26.4 Å². The first-order valence-electron chi connectivity index (χ1n) is 5.96. The van der Waals surface area contributed by atoms with Crippen molar-refractivity contribution in [1.29, 1.82) is 0 Å². The maximum absolute atomic E-state index is 13.9. The van der Waals surface area contributed by atoms with Crippen molar-refractivity contribution < 1.29 is 52.7 Å². The number of hydrogen-bond acceptors (Lipinski definition) is 1. The van der Waals surface area contributed by atoms with E-state index in [4.69, 9.17) is 5.73 Å². The van der Waals surface area contributed by atoms with Crippen LogP contribution in [0.3, 0.4) is 0 Å². The second-order valence-corrected chi connectivity index (χ2v) is 4.98. The molecule has 14 heteroatoms. The Labute approximate surface area is 132 Å². The number of nitrogen functional groups attached to an aromatic ring is 1. The normalized spacial score (nSPS) is 14.7. The number of nitrogens with two attached hydrogens (primary N) is 1. The van der Waals surface area contributed by atoms with Crippen molar-refractivity contribution in [2.45, 2.75) is 30.1 Å². The molecule has 0 spiro atoms. The van der Waals surface area contributed by atoms with Gasteiger partial charge in [0.15, 0.2) is 0 Å². The number of hydrogen-bond donors (Lipinski definition) is 1. The summed E-state index contributed by atoms with van der Waals surface area (Å²) in [7, 11) is 0.557. The summed E-state index contributed by atoms with van der Waals surface area (Å²) < 4.78 is 154. The third kappa shape index (κ3) is 3.22. The fourth-order valence-corrected chi connectivity index (χ4v) is 1.90. The number of rotatable bonds is 2. The van der Waals surface area contributed by atoms with Gasteiger partial charge in [0.1, 0.15) is 7.85 Å². The van der Waals surface area contributed by atoms with Crippen LogP contribution in [0.2, 0.25) is 0 Å². The summed E-state index contributed by atoms with van der Waals surface area (Å²) >= 11 is 0. The maximum Gasteiger partial charge on any atom is 0.458 e. The molecule has 0 aliphatic carbocycles. The molecule has 0 atom stereocenters. The van der Waals surface area contributed by atoms with E-state index < -0.39 is 58.5 Å². The first-order chi connectivity index (χ1) is 10.8. The summed E-state index contributed by atoms with van der Waals surface area (Å²) in [4.78, 5) is 0. The average Bonchev–Trinajstić information content (AvgIpc) is 2.36. The summed E-state index contributed by atoms with van der Waals surface area (Å²) in [5.74, 6) is -5.91. The predicted molar refractivity (Wildman–Crippen MR) is 63.9 cm³/mol. The molecule has 1 aromatic carbocycles. The van der Waals surface area contributed by atoms with E-state index in [1.54, 1.807) is 0 Å². The lowest BCUT2D eigenvalue weighted by molar-refractivity contribution is -0.348. The van der Waals surface area contributed by atoms with Crippen LogP contribution in [0.15, 0.2) is 12.1 Å². The summed E-state index contributed by atoms with van der Waals surface area (Å²) in [6.07, 6.45) is -19.8. The Morgan fingerprint density at radius 2 is 1.08 bits per heavy atom. The second kappa shape index (κ2) is 5.63. The highest BCUT2D eigenvalue weighted by atomic mass is 19.4. The molecule has 0 fully saturated rings. The van der Waals surface area contributed by atoms with Crippen LogP contribution in [0, 0.1) is 0 Å². The molecular weight excluding hydrogens is 385 g/mol. The van der Waals surface area contributed by atoms with Crippen LogP contribution in [0.25, 0.3) is 0 Å². The quantitative estimate of drug-likeness (QED) is 0.467. The Balaban J connectivity index is 3.87. The van der Waals surface area contributed by atoms with Gasteiger partial charge in [-0.1, -0.05) is 11.5 Å². The maximum atomic E-state index is 13.9. The van der Waals surface area contributed by atoms with Crippen LogP contribution >= 0.6 is 0 Å². The van der Waals surface area contributed by atoms with Gasteiger partial charge in [0.05, 0.1) is 5.56 Å². The lowest BCUT2D eigenvalue weighted by Gasteiger charge is -2.32. The molecule has 142 valence electrons. The Morgan fingerprint density at radius 3 is 1.40 bits per heavy atom. The zero-order chi connectivity index (χ0) is 20.2. The van der Waals surface area contributed by atoms with E-state index in [0.29, 0.717) is 7.85 Å². The number of halogens is 12. The van der Waals surface area contributed by atoms with Crippen molar-refractivity contribution in [3.05, 3.63) is 23.3 Å². The summed E-state index contributed by atoms with van der Waals surface area (Å²) in [5.41, 5.74) is -8.58. The molecule has 25 heavy (non-hydrogen) atoms. The minimum absolute atomic E-state index is 0.188. The highest BCUT2D eigenvalue weighted by Gasteiger charge is 2.74. The van der Waals surface area contributed by atoms with Crippen molar-refractivity contribution in [2.24, 2.45) is 0 Å². The Morgan fingerprint density at radius 1 is 0.680 bits per heavy atom. The lowest BCUT2D eigenvalue weighted by Crippen LogP contribution is -2.51. The topological polar surface area (TPSA) is 26.0 Å². The zero-order valence-electron chi connectivity index (χ0n) is 11.8. The molecule has 0 bridgehead atoms. The minimum Gasteiger partial charge on any atom is -0.399 e. The smallest absolute Gasteiger partial charge is 0.399 e. The predicted octanol–water partition coefficient (Wildman–Crippen LogP) is 3.47. The molecule has 0 saturated heterocycles. The van der Waals surface area contributed by atoms with Gasteiger partial charge in [0, 0.05) is 11.3 Å². The first-order valence-corrected chi connectivity index (χ1v) is 5.96. The van der Waals surface area contributed by atoms with E-state index in [2.05, 4.69) is 0 Å². The molecule has 0 saturated carbocycles. The molecule has 0 radical (unpaired) electrons. The minimum atomic E-state index is -6.68. The van der Waals surface area contributed by atoms with Crippen molar-refractivity contribution in [2.75, 3.05) is 5.73 Å². The van der Waals surface area contributed by atoms with Gasteiger partial charge in [0.2, 0.25) is 0 Å². The van der Waals surface area contributed by atoms with Gasteiger partial charge < -0.3 is 5.73 Å². The van der Waals surface area contributed by atoms with Gasteiger partial charge in [-0.15, -0.1) is 0 Å². The number of anilines is 1. The van der Waals surface area contributed by atoms with E-state index >= 15 is 0 Å². The van der Waals surface area contributed by atoms with Gasteiger partial charge in [-0.3, -0.25) is 0 Å². The van der Waals surface area contributed by atoms with Crippen LogP contribution < -0.4 is 11.2 Å². The molecule has 2 N–H and O–H groups in total. The molecule has 0 aliphatic heterocycles. The van der Waals surface area contributed by atoms with Gasteiger partial charge in [-0.2, -0.15) is 48.3 Å². The Kier molecular flexibility index (Phi) is 4.79. The largest absolute Gasteiger partial charge is 0.458 e. The van der Waals surface area contributed by atoms with Gasteiger partial charge in [-0.25, -0.2) is 4.39 Å². The highest BCUT2D eigenvalue weighted by molar-refractivity contribution is 6.36. The average molecular weight is 391 g/mol. The third-order valence-corrected chi connectivity index (χ3v) is 3.26. The molecule has 1 nitrogen and oxygen atoms in total. The fraction of sp³-hybridized carbons (Fsp3) is 0.455. The van der Waals surface area contributed by atoms with E-state index in [0.717, 1.165) is 0 Å². The fourth-order valence-electron chi connectivity index (χ4n) is 1.90. The number of alkyl halides is 12. The van der Waals surface area contributed by atoms with Crippen LogP contribution in [0.5, 0.6) is 0 Å². The van der Waals surface area contributed by atoms with Crippen molar-refractivity contribution in [3.8, 4) is 0 Å². The summed E-state index contributed by atoms with van der Waals surface area (Å²) in [5, 5.41) is 0. The molecular formula is C11H6BF12N. The van der Waals surface area contributed by atoms with E-state index in [1.807, 2.05) is 0 Å².